The fourth-order valence-corrected chi connectivity index (χ4v) is 3.29. The lowest BCUT2D eigenvalue weighted by Crippen LogP contribution is -2.24. The molecule has 24 heavy (non-hydrogen) atoms. The molecule has 1 aliphatic rings. The maximum Gasteiger partial charge on any atom is 0.253 e. The van der Waals surface area contributed by atoms with E-state index >= 15 is 0 Å². The van der Waals surface area contributed by atoms with Gasteiger partial charge in [0.2, 0.25) is 0 Å². The molecule has 0 saturated carbocycles. The van der Waals surface area contributed by atoms with Gasteiger partial charge in [0.05, 0.1) is 5.56 Å². The minimum absolute atomic E-state index is 0.0275. The Labute approximate surface area is 147 Å². The summed E-state index contributed by atoms with van der Waals surface area (Å²) in [7, 11) is 0. The van der Waals surface area contributed by atoms with Crippen LogP contribution in [0, 0.1) is 13.8 Å². The van der Waals surface area contributed by atoms with Gasteiger partial charge in [0, 0.05) is 34.8 Å². The van der Waals surface area contributed by atoms with Crippen LogP contribution in [0.3, 0.4) is 0 Å². The lowest BCUT2D eigenvalue weighted by molar-refractivity contribution is 0.0952. The summed E-state index contributed by atoms with van der Waals surface area (Å²) in [6.07, 6.45) is 2.95. The summed E-state index contributed by atoms with van der Waals surface area (Å²) in [6, 6.07) is 8.04. The number of nitrogens with one attached hydrogen (secondary N) is 3. The number of hydrogen-bond acceptors (Lipinski definition) is 2. The van der Waals surface area contributed by atoms with Gasteiger partial charge in [-0.1, -0.05) is 37.3 Å². The van der Waals surface area contributed by atoms with Gasteiger partial charge in [-0.2, -0.15) is 0 Å². The molecule has 1 amide bonds. The second-order valence-corrected chi connectivity index (χ2v) is 6.39. The molecule has 0 aliphatic carbocycles. The average Bonchev–Trinajstić information content (AvgIpc) is 3.02. The molecule has 124 valence electrons. The molecule has 0 saturated heterocycles. The maximum atomic E-state index is 12.4. The van der Waals surface area contributed by atoms with Gasteiger partial charge in [0.25, 0.3) is 5.91 Å². The van der Waals surface area contributed by atoms with Crippen LogP contribution in [0.25, 0.3) is 11.6 Å². The molecule has 3 rings (SSSR count). The van der Waals surface area contributed by atoms with E-state index < -0.39 is 0 Å². The third-order valence-corrected chi connectivity index (χ3v) is 4.56. The Balaban J connectivity index is 2.00. The highest BCUT2D eigenvalue weighted by Crippen LogP contribution is 2.34. The fourth-order valence-electron chi connectivity index (χ4n) is 3.01. The fraction of sp³-hybridized carbons (Fsp3) is 0.263. The Kier molecular flexibility index (Phi) is 4.53. The summed E-state index contributed by atoms with van der Waals surface area (Å²) in [4.78, 5) is 16.4. The van der Waals surface area contributed by atoms with Crippen LogP contribution in [0.1, 0.15) is 46.2 Å². The van der Waals surface area contributed by atoms with Crippen molar-refractivity contribution in [3.8, 4) is 0 Å². The van der Waals surface area contributed by atoms with Gasteiger partial charge in [-0.05, 0) is 38.0 Å². The van der Waals surface area contributed by atoms with Crippen molar-refractivity contribution in [2.24, 2.45) is 0 Å². The van der Waals surface area contributed by atoms with E-state index in [1.165, 1.54) is 0 Å². The quantitative estimate of drug-likeness (QED) is 0.581. The highest BCUT2D eigenvalue weighted by atomic mass is 32.1. The van der Waals surface area contributed by atoms with Crippen LogP contribution in [0.15, 0.2) is 24.3 Å². The van der Waals surface area contributed by atoms with Crippen LogP contribution in [-0.2, 0) is 0 Å². The van der Waals surface area contributed by atoms with Crippen LogP contribution in [0.2, 0.25) is 0 Å². The number of carbonyl (C=O) groups excluding carboxylic acids is 1. The van der Waals surface area contributed by atoms with E-state index in [4.69, 9.17) is 12.2 Å². The molecule has 1 aliphatic heterocycles. The van der Waals surface area contributed by atoms with E-state index in [1.807, 2.05) is 51.1 Å². The number of anilines is 1. The van der Waals surface area contributed by atoms with Gasteiger partial charge in [-0.25, -0.2) is 0 Å². The molecule has 3 N–H and O–H groups in total. The standard InChI is InChI=1S/C19H21N3OS/c1-4-9-20-18(23)17-11(2)16(21-12(17)3)10-14-13-7-5-6-8-15(13)22-19(14)24/h5-8,10,21H,4,9H2,1-3H3,(H,20,23)(H,22,24)/b14-10-. The predicted octanol–water partition coefficient (Wildman–Crippen LogP) is 4.06. The van der Waals surface area contributed by atoms with E-state index in [0.29, 0.717) is 11.5 Å². The first kappa shape index (κ1) is 16.5. The van der Waals surface area contributed by atoms with Crippen molar-refractivity contribution in [1.29, 1.82) is 0 Å². The van der Waals surface area contributed by atoms with Gasteiger partial charge >= 0.3 is 0 Å². The molecule has 0 atom stereocenters. The Hall–Kier alpha value is -2.40. The number of thiocarbonyl (C=S) groups is 1. The van der Waals surface area contributed by atoms with Gasteiger partial charge in [-0.3, -0.25) is 4.79 Å². The molecule has 0 fully saturated rings. The predicted molar refractivity (Wildman–Crippen MR) is 103 cm³/mol. The minimum atomic E-state index is -0.0275. The molecule has 1 aromatic carbocycles. The van der Waals surface area contributed by atoms with E-state index in [2.05, 4.69) is 15.6 Å². The van der Waals surface area contributed by atoms with Crippen LogP contribution in [0.5, 0.6) is 0 Å². The number of H-pyrrole nitrogens is 1. The number of benzene rings is 1. The molecular formula is C19H21N3OS. The van der Waals surface area contributed by atoms with E-state index in [-0.39, 0.29) is 5.91 Å². The molecule has 0 radical (unpaired) electrons. The van der Waals surface area contributed by atoms with Crippen molar-refractivity contribution < 1.29 is 4.79 Å². The smallest absolute Gasteiger partial charge is 0.253 e. The molecule has 1 aromatic heterocycles. The van der Waals surface area contributed by atoms with Crippen molar-refractivity contribution in [1.82, 2.24) is 10.3 Å². The highest BCUT2D eigenvalue weighted by Gasteiger charge is 2.22. The largest absolute Gasteiger partial charge is 0.358 e. The molecule has 2 aromatic rings. The Morgan fingerprint density at radius 1 is 1.29 bits per heavy atom. The minimum Gasteiger partial charge on any atom is -0.358 e. The molecule has 2 heterocycles. The lowest BCUT2D eigenvalue weighted by Gasteiger charge is -2.04. The molecule has 5 heteroatoms. The summed E-state index contributed by atoms with van der Waals surface area (Å²) in [6.45, 7) is 6.61. The molecule has 0 unspecified atom stereocenters. The zero-order chi connectivity index (χ0) is 17.3. The maximum absolute atomic E-state index is 12.4. The van der Waals surface area contributed by atoms with Crippen LogP contribution in [-0.4, -0.2) is 22.4 Å². The third-order valence-electron chi connectivity index (χ3n) is 4.24. The van der Waals surface area contributed by atoms with E-state index in [0.717, 1.165) is 45.8 Å². The normalized spacial score (nSPS) is 14.6. The Bertz CT molecular complexity index is 848. The molecular weight excluding hydrogens is 318 g/mol. The SMILES string of the molecule is CCCNC(=O)c1c(C)[nH]c(/C=C2\C(=S)Nc3ccccc32)c1C. The first-order chi connectivity index (χ1) is 11.5. The van der Waals surface area contributed by atoms with E-state index in [1.54, 1.807) is 0 Å². The van der Waals surface area contributed by atoms with Crippen molar-refractivity contribution in [3.63, 3.8) is 0 Å². The topological polar surface area (TPSA) is 56.9 Å². The summed E-state index contributed by atoms with van der Waals surface area (Å²) in [5, 5.41) is 6.17. The molecule has 0 bridgehead atoms. The summed E-state index contributed by atoms with van der Waals surface area (Å²) in [5.74, 6) is -0.0275. The van der Waals surface area contributed by atoms with Crippen molar-refractivity contribution in [3.05, 3.63) is 52.3 Å². The second-order valence-electron chi connectivity index (χ2n) is 5.98. The molecule has 0 spiro atoms. The first-order valence-electron chi connectivity index (χ1n) is 8.12. The zero-order valence-electron chi connectivity index (χ0n) is 14.1. The van der Waals surface area contributed by atoms with Crippen molar-refractivity contribution >= 4 is 40.5 Å². The summed E-state index contributed by atoms with van der Waals surface area (Å²) >= 11 is 5.46. The highest BCUT2D eigenvalue weighted by molar-refractivity contribution is 7.81. The van der Waals surface area contributed by atoms with Crippen LogP contribution >= 0.6 is 12.2 Å². The van der Waals surface area contributed by atoms with Crippen molar-refractivity contribution in [2.75, 3.05) is 11.9 Å². The average molecular weight is 339 g/mol. The third kappa shape index (κ3) is 2.87. The number of hydrogen-bond donors (Lipinski definition) is 3. The first-order valence-corrected chi connectivity index (χ1v) is 8.53. The molecule has 4 nitrogen and oxygen atoms in total. The number of amides is 1. The number of carbonyl (C=O) groups is 1. The number of aromatic amines is 1. The number of aromatic nitrogens is 1. The summed E-state index contributed by atoms with van der Waals surface area (Å²) < 4.78 is 0. The van der Waals surface area contributed by atoms with Gasteiger partial charge in [0.1, 0.15) is 4.99 Å². The van der Waals surface area contributed by atoms with E-state index in [9.17, 15) is 4.79 Å². The number of fused-ring (bicyclic) bond motifs is 1. The van der Waals surface area contributed by atoms with Gasteiger partial charge < -0.3 is 15.6 Å². The Morgan fingerprint density at radius 2 is 2.04 bits per heavy atom. The van der Waals surface area contributed by atoms with Crippen LogP contribution in [0.4, 0.5) is 5.69 Å². The monoisotopic (exact) mass is 339 g/mol. The number of para-hydroxylation sites is 1. The number of rotatable bonds is 4. The Morgan fingerprint density at radius 3 is 2.79 bits per heavy atom. The van der Waals surface area contributed by atoms with Gasteiger partial charge in [-0.15, -0.1) is 0 Å². The van der Waals surface area contributed by atoms with Crippen LogP contribution < -0.4 is 10.6 Å². The summed E-state index contributed by atoms with van der Waals surface area (Å²) in [5.41, 5.74) is 6.55. The van der Waals surface area contributed by atoms with Gasteiger partial charge in [0.15, 0.2) is 0 Å². The zero-order valence-corrected chi connectivity index (χ0v) is 14.9. The number of aryl methyl sites for hydroxylation is 1. The second kappa shape index (κ2) is 6.61. The lowest BCUT2D eigenvalue weighted by atomic mass is 10.0. The van der Waals surface area contributed by atoms with Crippen molar-refractivity contribution in [2.45, 2.75) is 27.2 Å².